The van der Waals surface area contributed by atoms with Gasteiger partial charge in [0.05, 0.1) is 17.3 Å². The minimum atomic E-state index is -0.879. The molecule has 0 bridgehead atoms. The van der Waals surface area contributed by atoms with Gasteiger partial charge in [0.25, 0.3) is 0 Å². The van der Waals surface area contributed by atoms with E-state index < -0.39 is 12.1 Å². The molecule has 0 aliphatic rings. The molecule has 1 aromatic heterocycles. The van der Waals surface area contributed by atoms with Crippen LogP contribution in [-0.2, 0) is 0 Å². The number of aliphatic hydroxyl groups excluding tert-OH is 1. The van der Waals surface area contributed by atoms with E-state index >= 15 is 0 Å². The lowest BCUT2D eigenvalue weighted by molar-refractivity contribution is 0.0697. The zero-order valence-corrected chi connectivity index (χ0v) is 19.1. The van der Waals surface area contributed by atoms with Crippen molar-refractivity contribution in [1.82, 2.24) is 15.5 Å². The molecule has 0 aliphatic heterocycles. The summed E-state index contributed by atoms with van der Waals surface area (Å²) in [7, 11) is 0. The lowest BCUT2D eigenvalue weighted by Gasteiger charge is -2.14. The van der Waals surface area contributed by atoms with Gasteiger partial charge in [-0.2, -0.15) is 5.10 Å². The van der Waals surface area contributed by atoms with Gasteiger partial charge in [-0.3, -0.25) is 5.10 Å². The average molecular weight is 463 g/mol. The van der Waals surface area contributed by atoms with Gasteiger partial charge >= 0.3 is 5.97 Å². The van der Waals surface area contributed by atoms with E-state index in [-0.39, 0.29) is 6.61 Å². The first kappa shape index (κ1) is 24.8. The molecule has 8 heteroatoms. The molecular formula is C26H30N4O4. The number of carboxylic acids is 1. The number of nitrogens with zero attached hydrogens (tertiary/aromatic N) is 1. The van der Waals surface area contributed by atoms with Gasteiger partial charge < -0.3 is 25.6 Å². The van der Waals surface area contributed by atoms with Crippen LogP contribution in [0.3, 0.4) is 0 Å². The van der Waals surface area contributed by atoms with E-state index in [4.69, 9.17) is 9.84 Å². The summed E-state index contributed by atoms with van der Waals surface area (Å²) >= 11 is 0. The second kappa shape index (κ2) is 13.0. The predicted molar refractivity (Wildman–Crippen MR) is 134 cm³/mol. The third kappa shape index (κ3) is 7.61. The smallest absolute Gasteiger partial charge is 0.335 e. The second-order valence-electron chi connectivity index (χ2n) is 7.67. The topological polar surface area (TPSA) is 120 Å². The van der Waals surface area contributed by atoms with Crippen LogP contribution in [0, 0.1) is 6.92 Å². The summed E-state index contributed by atoms with van der Waals surface area (Å²) < 4.78 is 5.53. The Kier molecular flexibility index (Phi) is 9.45. The van der Waals surface area contributed by atoms with Gasteiger partial charge in [-0.1, -0.05) is 42.5 Å². The van der Waals surface area contributed by atoms with Crippen LogP contribution in [0.2, 0.25) is 0 Å². The Hall–Kier alpha value is -3.88. The summed E-state index contributed by atoms with van der Waals surface area (Å²) in [4.78, 5) is 10.2. The Labute approximate surface area is 198 Å². The predicted octanol–water partition coefficient (Wildman–Crippen LogP) is 3.70. The quantitative estimate of drug-likeness (QED) is 0.228. The first-order chi connectivity index (χ1) is 16.5. The number of aliphatic hydroxyl groups is 1. The Morgan fingerprint density at radius 2 is 1.74 bits per heavy atom. The molecule has 1 heterocycles. The number of aromatic carboxylic acids is 1. The van der Waals surface area contributed by atoms with Crippen molar-refractivity contribution >= 4 is 22.6 Å². The summed E-state index contributed by atoms with van der Waals surface area (Å²) in [6, 6.07) is 21.9. The van der Waals surface area contributed by atoms with Gasteiger partial charge in [0, 0.05) is 30.7 Å². The van der Waals surface area contributed by atoms with Crippen LogP contribution < -0.4 is 15.4 Å². The summed E-state index contributed by atoms with van der Waals surface area (Å²) in [6.45, 7) is 4.35. The van der Waals surface area contributed by atoms with Crippen molar-refractivity contribution in [1.29, 1.82) is 0 Å². The van der Waals surface area contributed by atoms with Gasteiger partial charge in [-0.25, -0.2) is 4.79 Å². The maximum Gasteiger partial charge on any atom is 0.335 e. The van der Waals surface area contributed by atoms with Crippen LogP contribution in [0.4, 0.5) is 5.69 Å². The van der Waals surface area contributed by atoms with E-state index in [0.29, 0.717) is 12.1 Å². The lowest BCUT2D eigenvalue weighted by atomic mass is 10.1. The molecule has 0 fully saturated rings. The number of hydrogen-bond acceptors (Lipinski definition) is 6. The number of aryl methyl sites for hydroxylation is 1. The highest BCUT2D eigenvalue weighted by Gasteiger charge is 2.07. The molecule has 4 aromatic rings. The van der Waals surface area contributed by atoms with Crippen molar-refractivity contribution in [2.45, 2.75) is 13.0 Å². The fourth-order valence-corrected chi connectivity index (χ4v) is 3.25. The fourth-order valence-electron chi connectivity index (χ4n) is 3.25. The third-order valence-corrected chi connectivity index (χ3v) is 5.02. The maximum atomic E-state index is 10.2. The fraction of sp³-hybridized carbons (Fsp3) is 0.231. The molecule has 5 N–H and O–H groups in total. The molecule has 3 aromatic carbocycles. The highest BCUT2D eigenvalue weighted by Crippen LogP contribution is 2.25. The largest absolute Gasteiger partial charge is 0.491 e. The molecule has 178 valence electrons. The van der Waals surface area contributed by atoms with Crippen LogP contribution >= 0.6 is 0 Å². The molecule has 0 spiro atoms. The molecule has 1 unspecified atom stereocenters. The number of para-hydroxylation sites is 1. The van der Waals surface area contributed by atoms with Crippen molar-refractivity contribution in [3.63, 3.8) is 0 Å². The zero-order chi connectivity index (χ0) is 24.2. The molecule has 1 atom stereocenters. The van der Waals surface area contributed by atoms with Crippen LogP contribution in [-0.4, -0.2) is 58.7 Å². The highest BCUT2D eigenvalue weighted by molar-refractivity contribution is 5.92. The maximum absolute atomic E-state index is 10.2. The summed E-state index contributed by atoms with van der Waals surface area (Å²) in [6.07, 6.45) is 1.29. The number of carboxylic acid groups (broad SMARTS) is 1. The van der Waals surface area contributed by atoms with E-state index in [0.717, 1.165) is 35.4 Å². The van der Waals surface area contributed by atoms with Gasteiger partial charge in [0.1, 0.15) is 18.5 Å². The first-order valence-corrected chi connectivity index (χ1v) is 11.1. The minimum absolute atomic E-state index is 0.276. The van der Waals surface area contributed by atoms with E-state index in [9.17, 15) is 9.90 Å². The van der Waals surface area contributed by atoms with Crippen molar-refractivity contribution in [2.75, 3.05) is 31.6 Å². The highest BCUT2D eigenvalue weighted by atomic mass is 16.5. The molecular weight excluding hydrogens is 432 g/mol. The van der Waals surface area contributed by atoms with Gasteiger partial charge in [0.2, 0.25) is 0 Å². The molecule has 0 amide bonds. The number of fused-ring (bicyclic) bond motifs is 1. The van der Waals surface area contributed by atoms with Crippen LogP contribution in [0.1, 0.15) is 15.9 Å². The van der Waals surface area contributed by atoms with Crippen LogP contribution in [0.15, 0.2) is 79.0 Å². The Morgan fingerprint density at radius 3 is 2.41 bits per heavy atom. The molecule has 0 radical (unpaired) electrons. The number of aromatic nitrogens is 2. The second-order valence-corrected chi connectivity index (χ2v) is 7.67. The number of aromatic amines is 1. The van der Waals surface area contributed by atoms with Gasteiger partial charge in [-0.05, 0) is 42.8 Å². The van der Waals surface area contributed by atoms with E-state index in [1.165, 1.54) is 5.56 Å². The Morgan fingerprint density at radius 1 is 1.03 bits per heavy atom. The first-order valence-electron chi connectivity index (χ1n) is 11.1. The number of benzene rings is 3. The molecule has 0 aliphatic carbocycles. The van der Waals surface area contributed by atoms with Crippen molar-refractivity contribution in [3.8, 4) is 5.75 Å². The van der Waals surface area contributed by atoms with Crippen LogP contribution in [0.25, 0.3) is 10.9 Å². The van der Waals surface area contributed by atoms with Gasteiger partial charge in [-0.15, -0.1) is 0 Å². The SMILES string of the molecule is Cc1ccc2[nH]ncc2c1NCCNCC(O)COc1ccccc1.O=C(O)c1ccccc1. The van der Waals surface area contributed by atoms with Crippen molar-refractivity contribution in [3.05, 3.63) is 90.1 Å². The number of nitrogens with one attached hydrogen (secondary N) is 3. The number of rotatable bonds is 10. The number of ether oxygens (including phenoxy) is 1. The number of H-pyrrole nitrogens is 1. The van der Waals surface area contributed by atoms with E-state index in [1.54, 1.807) is 30.3 Å². The normalized spacial score (nSPS) is 11.4. The minimum Gasteiger partial charge on any atom is -0.491 e. The third-order valence-electron chi connectivity index (χ3n) is 5.02. The van der Waals surface area contributed by atoms with Gasteiger partial charge in [0.15, 0.2) is 0 Å². The molecule has 8 nitrogen and oxygen atoms in total. The Balaban J connectivity index is 0.000000302. The zero-order valence-electron chi connectivity index (χ0n) is 19.1. The van der Waals surface area contributed by atoms with E-state index in [2.05, 4.69) is 33.8 Å². The summed E-state index contributed by atoms with van der Waals surface area (Å²) in [5.74, 6) is -0.109. The number of anilines is 1. The van der Waals surface area contributed by atoms with Crippen LogP contribution in [0.5, 0.6) is 5.75 Å². The molecule has 0 saturated carbocycles. The monoisotopic (exact) mass is 462 g/mol. The van der Waals surface area contributed by atoms with Crippen molar-refractivity contribution in [2.24, 2.45) is 0 Å². The average Bonchev–Trinajstić information content (AvgIpc) is 3.34. The van der Waals surface area contributed by atoms with E-state index in [1.807, 2.05) is 42.6 Å². The molecule has 34 heavy (non-hydrogen) atoms. The van der Waals surface area contributed by atoms with Crippen molar-refractivity contribution < 1.29 is 19.7 Å². The summed E-state index contributed by atoms with van der Waals surface area (Å²) in [5.41, 5.74) is 3.64. The lowest BCUT2D eigenvalue weighted by Crippen LogP contribution is -2.34. The Bertz CT molecular complexity index is 1150. The standard InChI is InChI=1S/C19H24N4O2.C7H6O2/c1-14-7-8-18-17(12-22-23-18)19(14)21-10-9-20-11-15(24)13-25-16-5-3-2-4-6-16;8-7(9)6-4-2-1-3-5-6/h2-8,12,15,20-21,24H,9-11,13H2,1H3,(H,22,23);1-5H,(H,8,9). The number of hydrogen-bond donors (Lipinski definition) is 5. The number of carbonyl (C=O) groups is 1. The summed E-state index contributed by atoms with van der Waals surface area (Å²) in [5, 5.41) is 33.2. The molecule has 0 saturated heterocycles. The molecule has 4 rings (SSSR count).